The highest BCUT2D eigenvalue weighted by Crippen LogP contribution is 2.38. The third-order valence-electron chi connectivity index (χ3n) is 4.03. The van der Waals surface area contributed by atoms with Crippen molar-refractivity contribution in [3.05, 3.63) is 51.5 Å². The van der Waals surface area contributed by atoms with E-state index in [1.54, 1.807) is 6.92 Å². The lowest BCUT2D eigenvalue weighted by molar-refractivity contribution is -0.118. The van der Waals surface area contributed by atoms with E-state index >= 15 is 0 Å². The Morgan fingerprint density at radius 1 is 1.23 bits per heavy atom. The molecule has 0 radical (unpaired) electrons. The van der Waals surface area contributed by atoms with E-state index in [4.69, 9.17) is 27.9 Å². The zero-order valence-electron chi connectivity index (χ0n) is 14.9. The predicted octanol–water partition coefficient (Wildman–Crippen LogP) is 5.76. The number of carbonyl (C=O) groups is 1. The molecule has 0 bridgehead atoms. The standard InChI is InChI=1S/C20H23Cl2NO3/c1-3-4-5-7-14-8-6-9-15(10-14)26-12-18(24)23-17-11-16(21)13(2)19(22)20(17)25/h6,8-11,25H,3-5,7,12H2,1-2H3,(H,23,24). The maximum Gasteiger partial charge on any atom is 0.262 e. The van der Waals surface area contributed by atoms with Gasteiger partial charge in [0.15, 0.2) is 12.4 Å². The summed E-state index contributed by atoms with van der Waals surface area (Å²) in [6.07, 6.45) is 4.50. The van der Waals surface area contributed by atoms with E-state index in [-0.39, 0.29) is 23.1 Å². The molecular weight excluding hydrogens is 373 g/mol. The first kappa shape index (κ1) is 20.4. The van der Waals surface area contributed by atoms with E-state index in [2.05, 4.69) is 18.3 Å². The fourth-order valence-electron chi connectivity index (χ4n) is 2.50. The highest BCUT2D eigenvalue weighted by molar-refractivity contribution is 6.37. The number of rotatable bonds is 8. The molecule has 2 aromatic carbocycles. The Morgan fingerprint density at radius 2 is 2.00 bits per heavy atom. The average Bonchev–Trinajstić information content (AvgIpc) is 2.63. The lowest BCUT2D eigenvalue weighted by Gasteiger charge is -2.12. The molecule has 6 heteroatoms. The van der Waals surface area contributed by atoms with E-state index in [1.807, 2.05) is 18.2 Å². The Balaban J connectivity index is 1.94. The first-order chi connectivity index (χ1) is 12.4. The molecule has 2 N–H and O–H groups in total. The summed E-state index contributed by atoms with van der Waals surface area (Å²) in [7, 11) is 0. The van der Waals surface area contributed by atoms with Crippen molar-refractivity contribution in [2.24, 2.45) is 0 Å². The first-order valence-electron chi connectivity index (χ1n) is 8.61. The van der Waals surface area contributed by atoms with Gasteiger partial charge in [-0.15, -0.1) is 0 Å². The second-order valence-electron chi connectivity index (χ2n) is 6.13. The van der Waals surface area contributed by atoms with Crippen molar-refractivity contribution in [2.45, 2.75) is 39.5 Å². The highest BCUT2D eigenvalue weighted by Gasteiger charge is 2.15. The number of nitrogens with one attached hydrogen (secondary N) is 1. The molecule has 140 valence electrons. The fourth-order valence-corrected chi connectivity index (χ4v) is 2.96. The maximum atomic E-state index is 12.1. The Labute approximate surface area is 164 Å². The Bertz CT molecular complexity index is 778. The molecule has 2 aromatic rings. The van der Waals surface area contributed by atoms with Gasteiger partial charge in [0.2, 0.25) is 0 Å². The summed E-state index contributed by atoms with van der Waals surface area (Å²) in [6.45, 7) is 3.68. The second kappa shape index (κ2) is 9.70. The lowest BCUT2D eigenvalue weighted by atomic mass is 10.1. The summed E-state index contributed by atoms with van der Waals surface area (Å²) in [5, 5.41) is 13.1. The van der Waals surface area contributed by atoms with E-state index in [0.29, 0.717) is 16.3 Å². The van der Waals surface area contributed by atoms with Crippen molar-refractivity contribution >= 4 is 34.8 Å². The van der Waals surface area contributed by atoms with Gasteiger partial charge in [-0.3, -0.25) is 4.79 Å². The minimum absolute atomic E-state index is 0.119. The number of phenols is 1. The van der Waals surface area contributed by atoms with Gasteiger partial charge < -0.3 is 15.2 Å². The number of hydrogen-bond acceptors (Lipinski definition) is 3. The van der Waals surface area contributed by atoms with Crippen LogP contribution in [0.25, 0.3) is 0 Å². The van der Waals surface area contributed by atoms with Crippen LogP contribution in [-0.2, 0) is 11.2 Å². The van der Waals surface area contributed by atoms with E-state index in [9.17, 15) is 9.90 Å². The van der Waals surface area contributed by atoms with Crippen LogP contribution < -0.4 is 10.1 Å². The summed E-state index contributed by atoms with van der Waals surface area (Å²) in [5.74, 6) is 0.0193. The van der Waals surface area contributed by atoms with E-state index in [1.165, 1.54) is 24.5 Å². The lowest BCUT2D eigenvalue weighted by Crippen LogP contribution is -2.20. The van der Waals surface area contributed by atoms with Gasteiger partial charge in [-0.05, 0) is 49.1 Å². The van der Waals surface area contributed by atoms with Crippen LogP contribution in [0.3, 0.4) is 0 Å². The smallest absolute Gasteiger partial charge is 0.262 e. The summed E-state index contributed by atoms with van der Waals surface area (Å²) >= 11 is 12.0. The zero-order valence-corrected chi connectivity index (χ0v) is 16.5. The van der Waals surface area contributed by atoms with Crippen molar-refractivity contribution in [1.82, 2.24) is 0 Å². The van der Waals surface area contributed by atoms with Crippen LogP contribution in [-0.4, -0.2) is 17.6 Å². The molecule has 4 nitrogen and oxygen atoms in total. The van der Waals surface area contributed by atoms with Crippen LogP contribution in [0, 0.1) is 6.92 Å². The quantitative estimate of drug-likeness (QED) is 0.441. The van der Waals surface area contributed by atoms with E-state index in [0.717, 1.165) is 12.8 Å². The van der Waals surface area contributed by atoms with Gasteiger partial charge in [-0.2, -0.15) is 0 Å². The molecular formula is C20H23Cl2NO3. The second-order valence-corrected chi connectivity index (χ2v) is 6.92. The number of unbranched alkanes of at least 4 members (excludes halogenated alkanes) is 2. The van der Waals surface area contributed by atoms with Crippen molar-refractivity contribution < 1.29 is 14.6 Å². The molecule has 0 saturated heterocycles. The number of anilines is 1. The highest BCUT2D eigenvalue weighted by atomic mass is 35.5. The normalized spacial score (nSPS) is 10.6. The van der Waals surface area contributed by atoms with Gasteiger partial charge in [0.1, 0.15) is 5.75 Å². The molecule has 0 heterocycles. The fraction of sp³-hybridized carbons (Fsp3) is 0.350. The molecule has 2 rings (SSSR count). The van der Waals surface area contributed by atoms with Crippen LogP contribution in [0.5, 0.6) is 11.5 Å². The molecule has 0 aliphatic carbocycles. The SMILES string of the molecule is CCCCCc1cccc(OCC(=O)Nc2cc(Cl)c(C)c(Cl)c2O)c1. The van der Waals surface area contributed by atoms with Crippen LogP contribution >= 0.6 is 23.2 Å². The molecule has 0 saturated carbocycles. The van der Waals surface area contributed by atoms with Crippen molar-refractivity contribution in [3.63, 3.8) is 0 Å². The van der Waals surface area contributed by atoms with Gasteiger partial charge in [-0.1, -0.05) is 55.1 Å². The van der Waals surface area contributed by atoms with Gasteiger partial charge in [0.25, 0.3) is 5.91 Å². The number of benzene rings is 2. The monoisotopic (exact) mass is 395 g/mol. The van der Waals surface area contributed by atoms with Crippen molar-refractivity contribution in [3.8, 4) is 11.5 Å². The maximum absolute atomic E-state index is 12.1. The molecule has 0 fully saturated rings. The van der Waals surface area contributed by atoms with Crippen LogP contribution in [0.1, 0.15) is 37.3 Å². The summed E-state index contributed by atoms with van der Waals surface area (Å²) in [5.41, 5.74) is 1.90. The zero-order chi connectivity index (χ0) is 19.1. The molecule has 0 spiro atoms. The topological polar surface area (TPSA) is 58.6 Å². The summed E-state index contributed by atoms with van der Waals surface area (Å²) < 4.78 is 5.55. The number of ether oxygens (including phenoxy) is 1. The molecule has 0 aromatic heterocycles. The van der Waals surface area contributed by atoms with Gasteiger partial charge in [-0.25, -0.2) is 0 Å². The number of halogens is 2. The largest absolute Gasteiger partial charge is 0.504 e. The van der Waals surface area contributed by atoms with Crippen LogP contribution in [0.15, 0.2) is 30.3 Å². The third kappa shape index (κ3) is 5.55. The number of amides is 1. The number of aryl methyl sites for hydroxylation is 1. The minimum atomic E-state index is -0.410. The van der Waals surface area contributed by atoms with Crippen molar-refractivity contribution in [1.29, 1.82) is 0 Å². The first-order valence-corrected chi connectivity index (χ1v) is 9.37. The van der Waals surface area contributed by atoms with Crippen LogP contribution in [0.2, 0.25) is 10.0 Å². The number of aromatic hydroxyl groups is 1. The van der Waals surface area contributed by atoms with Crippen LogP contribution in [0.4, 0.5) is 5.69 Å². The predicted molar refractivity (Wildman–Crippen MR) is 107 cm³/mol. The Hall–Kier alpha value is -1.91. The molecule has 26 heavy (non-hydrogen) atoms. The Morgan fingerprint density at radius 3 is 2.73 bits per heavy atom. The van der Waals surface area contributed by atoms with E-state index < -0.39 is 5.91 Å². The molecule has 1 amide bonds. The summed E-state index contributed by atoms with van der Waals surface area (Å²) in [6, 6.07) is 9.19. The molecule has 0 aliphatic heterocycles. The third-order valence-corrected chi connectivity index (χ3v) is 4.89. The Kier molecular flexibility index (Phi) is 7.61. The summed E-state index contributed by atoms with van der Waals surface area (Å²) in [4.78, 5) is 12.1. The number of phenolic OH excluding ortho intramolecular Hbond substituents is 1. The van der Waals surface area contributed by atoms with Gasteiger partial charge >= 0.3 is 0 Å². The van der Waals surface area contributed by atoms with Gasteiger partial charge in [0, 0.05) is 5.02 Å². The average molecular weight is 396 g/mol. The number of hydrogen-bond donors (Lipinski definition) is 2. The molecule has 0 unspecified atom stereocenters. The van der Waals surface area contributed by atoms with Gasteiger partial charge in [0.05, 0.1) is 10.7 Å². The van der Waals surface area contributed by atoms with Crippen molar-refractivity contribution in [2.75, 3.05) is 11.9 Å². The molecule has 0 aliphatic rings. The number of carbonyl (C=O) groups excluding carboxylic acids is 1. The minimum Gasteiger partial charge on any atom is -0.504 e. The molecule has 0 atom stereocenters.